The number of Topliss-reactive ketones (excluding diaryl/α,β-unsaturated/α-hetero) is 1. The number of hydrogen-bond acceptors (Lipinski definition) is 3. The van der Waals surface area contributed by atoms with Crippen LogP contribution in [-0.4, -0.2) is 14.2 Å². The van der Waals surface area contributed by atoms with Crippen LogP contribution < -0.4 is 5.14 Å². The lowest BCUT2D eigenvalue weighted by Gasteiger charge is -2.02. The van der Waals surface area contributed by atoms with E-state index in [2.05, 4.69) is 0 Å². The SMILES string of the molecule is CC(=O)c1ccc(Cl)c(S(N)(=O)=O)c1. The van der Waals surface area contributed by atoms with Crippen LogP contribution in [0.2, 0.25) is 5.02 Å². The fourth-order valence-corrected chi connectivity index (χ4v) is 2.01. The van der Waals surface area contributed by atoms with Crippen molar-refractivity contribution in [1.29, 1.82) is 0 Å². The van der Waals surface area contributed by atoms with E-state index in [9.17, 15) is 13.2 Å². The molecule has 6 heteroatoms. The highest BCUT2D eigenvalue weighted by Crippen LogP contribution is 2.21. The molecule has 0 amide bonds. The molecule has 1 rings (SSSR count). The van der Waals surface area contributed by atoms with Gasteiger partial charge in [0.05, 0.1) is 5.02 Å². The zero-order valence-electron chi connectivity index (χ0n) is 7.32. The third-order valence-electron chi connectivity index (χ3n) is 1.64. The summed E-state index contributed by atoms with van der Waals surface area (Å²) >= 11 is 5.62. The van der Waals surface area contributed by atoms with Gasteiger partial charge in [-0.25, -0.2) is 13.6 Å². The van der Waals surface area contributed by atoms with Crippen molar-refractivity contribution in [3.05, 3.63) is 28.8 Å². The summed E-state index contributed by atoms with van der Waals surface area (Å²) in [7, 11) is -3.87. The van der Waals surface area contributed by atoms with Gasteiger partial charge in [0, 0.05) is 5.56 Å². The van der Waals surface area contributed by atoms with E-state index in [1.54, 1.807) is 0 Å². The van der Waals surface area contributed by atoms with Gasteiger partial charge in [-0.2, -0.15) is 0 Å². The Morgan fingerprint density at radius 2 is 2.00 bits per heavy atom. The van der Waals surface area contributed by atoms with Crippen molar-refractivity contribution in [3.8, 4) is 0 Å². The van der Waals surface area contributed by atoms with Crippen molar-refractivity contribution in [3.63, 3.8) is 0 Å². The van der Waals surface area contributed by atoms with Crippen LogP contribution >= 0.6 is 11.6 Å². The molecule has 1 aromatic rings. The fraction of sp³-hybridized carbons (Fsp3) is 0.125. The molecule has 0 spiro atoms. The minimum absolute atomic E-state index is 0.0116. The summed E-state index contributed by atoms with van der Waals surface area (Å²) < 4.78 is 22.0. The molecule has 0 aromatic heterocycles. The number of sulfonamides is 1. The Hall–Kier alpha value is -0.910. The number of ketones is 1. The average Bonchev–Trinajstić information content (AvgIpc) is 2.02. The van der Waals surface area contributed by atoms with Crippen LogP contribution in [0.4, 0.5) is 0 Å². The number of hydrogen-bond donors (Lipinski definition) is 1. The van der Waals surface area contributed by atoms with Gasteiger partial charge in [0.1, 0.15) is 4.90 Å². The maximum Gasteiger partial charge on any atom is 0.239 e. The lowest BCUT2D eigenvalue weighted by Crippen LogP contribution is -2.13. The zero-order valence-corrected chi connectivity index (χ0v) is 8.89. The quantitative estimate of drug-likeness (QED) is 0.780. The molecule has 0 saturated heterocycles. The molecule has 0 unspecified atom stereocenters. The lowest BCUT2D eigenvalue weighted by molar-refractivity contribution is 0.101. The molecular weight excluding hydrogens is 226 g/mol. The molecule has 0 aliphatic carbocycles. The molecule has 0 atom stereocenters. The van der Waals surface area contributed by atoms with Crippen LogP contribution in [0.3, 0.4) is 0 Å². The summed E-state index contributed by atoms with van der Waals surface area (Å²) in [6.07, 6.45) is 0. The number of carbonyl (C=O) groups excluding carboxylic acids is 1. The monoisotopic (exact) mass is 233 g/mol. The van der Waals surface area contributed by atoms with Crippen LogP contribution in [0, 0.1) is 0 Å². The van der Waals surface area contributed by atoms with E-state index in [0.29, 0.717) is 0 Å². The first-order chi connectivity index (χ1) is 6.32. The van der Waals surface area contributed by atoms with E-state index in [1.165, 1.54) is 25.1 Å². The van der Waals surface area contributed by atoms with Crippen molar-refractivity contribution in [2.75, 3.05) is 0 Å². The van der Waals surface area contributed by atoms with Gasteiger partial charge in [0.15, 0.2) is 5.78 Å². The summed E-state index contributed by atoms with van der Waals surface area (Å²) in [5.41, 5.74) is 0.262. The van der Waals surface area contributed by atoms with E-state index < -0.39 is 10.0 Å². The van der Waals surface area contributed by atoms with Crippen molar-refractivity contribution < 1.29 is 13.2 Å². The van der Waals surface area contributed by atoms with Crippen LogP contribution in [-0.2, 0) is 10.0 Å². The second-order valence-corrected chi connectivity index (χ2v) is 4.68. The molecule has 4 nitrogen and oxygen atoms in total. The highest BCUT2D eigenvalue weighted by Gasteiger charge is 2.14. The molecule has 0 radical (unpaired) electrons. The van der Waals surface area contributed by atoms with E-state index in [-0.39, 0.29) is 21.3 Å². The summed E-state index contributed by atoms with van der Waals surface area (Å²) in [6, 6.07) is 3.94. The summed E-state index contributed by atoms with van der Waals surface area (Å²) in [5, 5.41) is 4.91. The lowest BCUT2D eigenvalue weighted by atomic mass is 10.1. The topological polar surface area (TPSA) is 77.2 Å². The van der Waals surface area contributed by atoms with Crippen LogP contribution in [0.5, 0.6) is 0 Å². The first-order valence-corrected chi connectivity index (χ1v) is 5.58. The summed E-state index contributed by atoms with van der Waals surface area (Å²) in [5.74, 6) is -0.244. The Morgan fingerprint density at radius 3 is 2.43 bits per heavy atom. The van der Waals surface area contributed by atoms with Crippen molar-refractivity contribution >= 4 is 27.4 Å². The number of halogens is 1. The number of benzene rings is 1. The first-order valence-electron chi connectivity index (χ1n) is 3.65. The number of rotatable bonds is 2. The maximum absolute atomic E-state index is 11.0. The molecule has 76 valence electrons. The van der Waals surface area contributed by atoms with E-state index in [0.717, 1.165) is 0 Å². The minimum atomic E-state index is -3.87. The average molecular weight is 234 g/mol. The standard InChI is InChI=1S/C8H8ClNO3S/c1-5(11)6-2-3-7(9)8(4-6)14(10,12)13/h2-4H,1H3,(H2,10,12,13). The molecule has 0 bridgehead atoms. The van der Waals surface area contributed by atoms with Crippen LogP contribution in [0.25, 0.3) is 0 Å². The highest BCUT2D eigenvalue weighted by molar-refractivity contribution is 7.89. The van der Waals surface area contributed by atoms with Crippen LogP contribution in [0.15, 0.2) is 23.1 Å². The summed E-state index contributed by atoms with van der Waals surface area (Å²) in [4.78, 5) is 10.7. The van der Waals surface area contributed by atoms with Gasteiger partial charge >= 0.3 is 0 Å². The van der Waals surface area contributed by atoms with Crippen molar-refractivity contribution in [2.45, 2.75) is 11.8 Å². The Labute approximate surface area is 86.7 Å². The highest BCUT2D eigenvalue weighted by atomic mass is 35.5. The zero-order chi connectivity index (χ0) is 10.9. The van der Waals surface area contributed by atoms with Gasteiger partial charge in [0.2, 0.25) is 10.0 Å². The van der Waals surface area contributed by atoms with Gasteiger partial charge < -0.3 is 0 Å². The molecule has 0 aliphatic rings. The van der Waals surface area contributed by atoms with E-state index in [4.69, 9.17) is 16.7 Å². The molecule has 0 aliphatic heterocycles. The number of nitrogens with two attached hydrogens (primary N) is 1. The normalized spacial score (nSPS) is 11.4. The number of carbonyl (C=O) groups is 1. The molecule has 0 saturated carbocycles. The third-order valence-corrected chi connectivity index (χ3v) is 3.04. The second-order valence-electron chi connectivity index (χ2n) is 2.75. The predicted molar refractivity (Wildman–Crippen MR) is 52.8 cm³/mol. The molecule has 14 heavy (non-hydrogen) atoms. The third kappa shape index (κ3) is 2.31. The smallest absolute Gasteiger partial charge is 0.239 e. The number of primary sulfonamides is 1. The largest absolute Gasteiger partial charge is 0.295 e. The molecule has 1 aromatic carbocycles. The Morgan fingerprint density at radius 1 is 1.43 bits per heavy atom. The van der Waals surface area contributed by atoms with Crippen LogP contribution in [0.1, 0.15) is 17.3 Å². The van der Waals surface area contributed by atoms with Gasteiger partial charge in [-0.15, -0.1) is 0 Å². The molecule has 0 fully saturated rings. The van der Waals surface area contributed by atoms with Crippen molar-refractivity contribution in [2.24, 2.45) is 5.14 Å². The van der Waals surface area contributed by atoms with Gasteiger partial charge in [-0.3, -0.25) is 4.79 Å². The van der Waals surface area contributed by atoms with Gasteiger partial charge in [0.25, 0.3) is 0 Å². The van der Waals surface area contributed by atoms with E-state index >= 15 is 0 Å². The van der Waals surface area contributed by atoms with E-state index in [1.807, 2.05) is 0 Å². The fourth-order valence-electron chi connectivity index (χ4n) is 0.940. The Kier molecular flexibility index (Phi) is 2.94. The minimum Gasteiger partial charge on any atom is -0.295 e. The Bertz CT molecular complexity index is 481. The maximum atomic E-state index is 11.0. The van der Waals surface area contributed by atoms with Gasteiger partial charge in [-0.1, -0.05) is 11.6 Å². The molecule has 0 heterocycles. The molecular formula is C8H8ClNO3S. The Balaban J connectivity index is 3.44. The summed E-state index contributed by atoms with van der Waals surface area (Å²) in [6.45, 7) is 1.33. The molecule has 2 N–H and O–H groups in total. The van der Waals surface area contributed by atoms with Crippen molar-refractivity contribution in [1.82, 2.24) is 0 Å². The second kappa shape index (κ2) is 3.68. The van der Waals surface area contributed by atoms with Gasteiger partial charge in [-0.05, 0) is 25.1 Å². The predicted octanol–water partition coefficient (Wildman–Crippen LogP) is 1.19. The first kappa shape index (κ1) is 11.2.